The first kappa shape index (κ1) is 24.9. The van der Waals surface area contributed by atoms with Crippen molar-refractivity contribution in [1.82, 2.24) is 5.32 Å². The van der Waals surface area contributed by atoms with E-state index in [1.807, 2.05) is 0 Å². The Bertz CT molecular complexity index is 316. The summed E-state index contributed by atoms with van der Waals surface area (Å²) in [6, 6.07) is 0. The maximum atomic E-state index is 6.08. The first-order valence-corrected chi connectivity index (χ1v) is 12.3. The minimum atomic E-state index is 0.398. The maximum Gasteiger partial charge on any atom is 0.105 e. The highest BCUT2D eigenvalue weighted by molar-refractivity contribution is 4.58. The highest BCUT2D eigenvalue weighted by Crippen LogP contribution is 2.13. The van der Waals surface area contributed by atoms with E-state index in [1.165, 1.54) is 114 Å². The van der Waals surface area contributed by atoms with Crippen molar-refractivity contribution in [3.8, 4) is 0 Å². The number of nitrogens with one attached hydrogen (secondary N) is 1. The van der Waals surface area contributed by atoms with E-state index in [9.17, 15) is 0 Å². The van der Waals surface area contributed by atoms with E-state index in [2.05, 4.69) is 26.2 Å². The quantitative estimate of drug-likeness (QED) is 0.234. The second-order valence-electron chi connectivity index (χ2n) is 9.28. The molecule has 1 atom stereocenters. The molecule has 3 nitrogen and oxygen atoms in total. The molecule has 1 rings (SSSR count). The lowest BCUT2D eigenvalue weighted by atomic mass is 10.0. The molecule has 1 saturated heterocycles. The van der Waals surface area contributed by atoms with Gasteiger partial charge in [-0.15, -0.1) is 0 Å². The van der Waals surface area contributed by atoms with Gasteiger partial charge in [0.05, 0.1) is 20.1 Å². The zero-order valence-electron chi connectivity index (χ0n) is 19.1. The summed E-state index contributed by atoms with van der Waals surface area (Å²) in [7, 11) is 2.38. The lowest BCUT2D eigenvalue weighted by molar-refractivity contribution is -0.913. The molecule has 1 aliphatic heterocycles. The largest absolute Gasteiger partial charge is 0.373 e. The molecular formula is C24H51N2O+. The molecule has 27 heavy (non-hydrogen) atoms. The molecule has 3 heteroatoms. The highest BCUT2D eigenvalue weighted by Gasteiger charge is 2.26. The molecule has 0 aromatic heterocycles. The third-order valence-electron chi connectivity index (χ3n) is 6.25. The van der Waals surface area contributed by atoms with E-state index in [4.69, 9.17) is 4.74 Å². The van der Waals surface area contributed by atoms with Crippen molar-refractivity contribution in [2.75, 3.05) is 46.4 Å². The number of piperazine rings is 1. The van der Waals surface area contributed by atoms with Crippen molar-refractivity contribution < 1.29 is 9.22 Å². The summed E-state index contributed by atoms with van der Waals surface area (Å²) < 4.78 is 7.25. The normalized spacial score (nSPS) is 17.9. The highest BCUT2D eigenvalue weighted by atomic mass is 16.5. The summed E-state index contributed by atoms with van der Waals surface area (Å²) in [6.07, 6.45) is 20.3. The SMILES string of the molecule is CCCCCCCCCCCCCCCCOC(C)C[N+]1(C)CCNCC1. The molecule has 0 saturated carbocycles. The molecule has 1 unspecified atom stereocenters. The fourth-order valence-corrected chi connectivity index (χ4v) is 4.37. The van der Waals surface area contributed by atoms with Gasteiger partial charge in [-0.05, 0) is 13.3 Å². The Balaban J connectivity index is 1.78. The molecule has 1 heterocycles. The van der Waals surface area contributed by atoms with E-state index < -0.39 is 0 Å². The predicted octanol–water partition coefficient (Wildman–Crippen LogP) is 5.92. The second kappa shape index (κ2) is 16.8. The van der Waals surface area contributed by atoms with Gasteiger partial charge in [0.15, 0.2) is 0 Å². The Morgan fingerprint density at radius 2 is 1.19 bits per heavy atom. The molecule has 0 aliphatic carbocycles. The molecule has 1 N–H and O–H groups in total. The van der Waals surface area contributed by atoms with Gasteiger partial charge in [-0.2, -0.15) is 0 Å². The van der Waals surface area contributed by atoms with Crippen LogP contribution in [0.1, 0.15) is 104 Å². The van der Waals surface area contributed by atoms with Gasteiger partial charge in [-0.25, -0.2) is 0 Å². The topological polar surface area (TPSA) is 21.3 Å². The number of likely N-dealkylation sites (N-methyl/N-ethyl adjacent to an activating group) is 1. The van der Waals surface area contributed by atoms with E-state index in [0.29, 0.717) is 6.10 Å². The minimum Gasteiger partial charge on any atom is -0.373 e. The van der Waals surface area contributed by atoms with Crippen molar-refractivity contribution in [2.24, 2.45) is 0 Å². The second-order valence-corrected chi connectivity index (χ2v) is 9.28. The predicted molar refractivity (Wildman–Crippen MR) is 119 cm³/mol. The molecular weight excluding hydrogens is 332 g/mol. The average Bonchev–Trinajstić information content (AvgIpc) is 2.65. The van der Waals surface area contributed by atoms with Gasteiger partial charge >= 0.3 is 0 Å². The van der Waals surface area contributed by atoms with Crippen LogP contribution in [0.15, 0.2) is 0 Å². The van der Waals surface area contributed by atoms with Crippen molar-refractivity contribution in [3.05, 3.63) is 0 Å². The van der Waals surface area contributed by atoms with Crippen LogP contribution in [0.5, 0.6) is 0 Å². The molecule has 0 amide bonds. The summed E-state index contributed by atoms with van der Waals surface area (Å²) in [5.74, 6) is 0. The van der Waals surface area contributed by atoms with Gasteiger partial charge in [0.25, 0.3) is 0 Å². The molecule has 0 radical (unpaired) electrons. The monoisotopic (exact) mass is 383 g/mol. The van der Waals surface area contributed by atoms with Crippen molar-refractivity contribution in [3.63, 3.8) is 0 Å². The summed E-state index contributed by atoms with van der Waals surface area (Å²) in [5, 5.41) is 3.46. The lowest BCUT2D eigenvalue weighted by Crippen LogP contribution is -2.58. The van der Waals surface area contributed by atoms with Crippen LogP contribution in [-0.2, 0) is 4.74 Å². The van der Waals surface area contributed by atoms with Gasteiger partial charge in [0, 0.05) is 19.7 Å². The summed E-state index contributed by atoms with van der Waals surface area (Å²) in [4.78, 5) is 0. The van der Waals surface area contributed by atoms with Crippen LogP contribution in [0.4, 0.5) is 0 Å². The lowest BCUT2D eigenvalue weighted by Gasteiger charge is -2.39. The van der Waals surface area contributed by atoms with Crippen molar-refractivity contribution in [2.45, 2.75) is 110 Å². The maximum absolute atomic E-state index is 6.08. The van der Waals surface area contributed by atoms with Crippen LogP contribution >= 0.6 is 0 Å². The first-order chi connectivity index (χ1) is 13.2. The van der Waals surface area contributed by atoms with Crippen molar-refractivity contribution >= 4 is 0 Å². The molecule has 0 bridgehead atoms. The van der Waals surface area contributed by atoms with Crippen LogP contribution in [0.2, 0.25) is 0 Å². The Labute approximate surface area is 171 Å². The fraction of sp³-hybridized carbons (Fsp3) is 1.00. The minimum absolute atomic E-state index is 0.398. The fourth-order valence-electron chi connectivity index (χ4n) is 4.37. The number of hydrogen-bond donors (Lipinski definition) is 1. The zero-order chi connectivity index (χ0) is 19.6. The summed E-state index contributed by atoms with van der Waals surface area (Å²) in [5.41, 5.74) is 0. The molecule has 0 aromatic carbocycles. The number of unbranched alkanes of at least 4 members (excludes halogenated alkanes) is 13. The van der Waals surface area contributed by atoms with Crippen LogP contribution in [-0.4, -0.2) is 57.0 Å². The van der Waals surface area contributed by atoms with E-state index in [1.54, 1.807) is 0 Å². The molecule has 0 aromatic rings. The van der Waals surface area contributed by atoms with Gasteiger partial charge in [0.2, 0.25) is 0 Å². The van der Waals surface area contributed by atoms with Gasteiger partial charge in [0.1, 0.15) is 12.6 Å². The van der Waals surface area contributed by atoms with Crippen LogP contribution in [0, 0.1) is 0 Å². The van der Waals surface area contributed by atoms with Gasteiger partial charge in [-0.3, -0.25) is 0 Å². The van der Waals surface area contributed by atoms with Crippen LogP contribution in [0.3, 0.4) is 0 Å². The third-order valence-corrected chi connectivity index (χ3v) is 6.25. The van der Waals surface area contributed by atoms with Crippen molar-refractivity contribution in [1.29, 1.82) is 0 Å². The number of quaternary nitrogens is 1. The summed E-state index contributed by atoms with van der Waals surface area (Å²) >= 11 is 0. The molecule has 1 fully saturated rings. The molecule has 1 aliphatic rings. The number of rotatable bonds is 18. The Hall–Kier alpha value is -0.120. The Morgan fingerprint density at radius 1 is 0.741 bits per heavy atom. The van der Waals surface area contributed by atoms with Crippen LogP contribution in [0.25, 0.3) is 0 Å². The third kappa shape index (κ3) is 14.5. The van der Waals surface area contributed by atoms with E-state index in [-0.39, 0.29) is 0 Å². The van der Waals surface area contributed by atoms with E-state index >= 15 is 0 Å². The smallest absolute Gasteiger partial charge is 0.105 e. The zero-order valence-corrected chi connectivity index (χ0v) is 19.1. The standard InChI is InChI=1S/C24H51N2O/c1-4-5-6-7-8-9-10-11-12-13-14-15-16-17-22-27-24(2)23-26(3)20-18-25-19-21-26/h24-25H,4-23H2,1-3H3/q+1. The molecule has 162 valence electrons. The average molecular weight is 384 g/mol. The summed E-state index contributed by atoms with van der Waals surface area (Å²) in [6.45, 7) is 11.5. The number of hydrogen-bond acceptors (Lipinski definition) is 2. The van der Waals surface area contributed by atoms with E-state index in [0.717, 1.165) is 19.7 Å². The van der Waals surface area contributed by atoms with Gasteiger partial charge < -0.3 is 14.5 Å². The molecule has 0 spiro atoms. The Kier molecular flexibility index (Phi) is 15.5. The van der Waals surface area contributed by atoms with Crippen LogP contribution < -0.4 is 5.32 Å². The van der Waals surface area contributed by atoms with Gasteiger partial charge in [-0.1, -0.05) is 90.4 Å². The Morgan fingerprint density at radius 3 is 1.67 bits per heavy atom. The first-order valence-electron chi connectivity index (χ1n) is 12.3. The number of ether oxygens (including phenoxy) is 1. The number of nitrogens with zero attached hydrogens (tertiary/aromatic N) is 1.